The zero-order valence-electron chi connectivity index (χ0n) is 8.63. The maximum atomic E-state index is 13.4. The fourth-order valence-electron chi connectivity index (χ4n) is 1.77. The first-order chi connectivity index (χ1) is 7.72. The Kier molecular flexibility index (Phi) is 3.02. The largest absolute Gasteiger partial charge is 0.369 e. The van der Waals surface area contributed by atoms with Crippen molar-refractivity contribution in [2.75, 3.05) is 31.1 Å². The van der Waals surface area contributed by atoms with Crippen LogP contribution in [0.3, 0.4) is 0 Å². The summed E-state index contributed by atoms with van der Waals surface area (Å²) in [5.74, 6) is -1.59. The molecule has 1 aliphatic heterocycles. The Morgan fingerprint density at radius 1 is 1.19 bits per heavy atom. The Bertz CT molecular complexity index is 410. The molecular formula is C11H11F2N3. The van der Waals surface area contributed by atoms with Crippen molar-refractivity contribution in [1.82, 2.24) is 5.32 Å². The molecule has 1 aromatic carbocycles. The molecule has 1 aliphatic rings. The summed E-state index contributed by atoms with van der Waals surface area (Å²) in [6.07, 6.45) is 0. The van der Waals surface area contributed by atoms with Crippen molar-refractivity contribution in [1.29, 1.82) is 5.26 Å². The number of halogens is 2. The Labute approximate surface area is 92.3 Å². The monoisotopic (exact) mass is 223 g/mol. The molecular weight excluding hydrogens is 212 g/mol. The van der Waals surface area contributed by atoms with Gasteiger partial charge in [-0.3, -0.25) is 0 Å². The van der Waals surface area contributed by atoms with Gasteiger partial charge in [0.1, 0.15) is 23.3 Å². The molecule has 1 aromatic rings. The number of anilines is 1. The number of piperazine rings is 1. The van der Waals surface area contributed by atoms with Gasteiger partial charge in [-0.15, -0.1) is 0 Å². The Morgan fingerprint density at radius 3 is 2.25 bits per heavy atom. The van der Waals surface area contributed by atoms with Crippen molar-refractivity contribution in [3.63, 3.8) is 0 Å². The normalized spacial score (nSPS) is 15.9. The van der Waals surface area contributed by atoms with Gasteiger partial charge < -0.3 is 10.2 Å². The van der Waals surface area contributed by atoms with Crippen LogP contribution in [0.25, 0.3) is 0 Å². The van der Waals surface area contributed by atoms with E-state index in [-0.39, 0.29) is 0 Å². The molecule has 84 valence electrons. The number of rotatable bonds is 1. The molecule has 0 spiro atoms. The lowest BCUT2D eigenvalue weighted by Crippen LogP contribution is -2.43. The van der Waals surface area contributed by atoms with Gasteiger partial charge in [-0.25, -0.2) is 8.78 Å². The van der Waals surface area contributed by atoms with E-state index < -0.39 is 17.2 Å². The second-order valence-electron chi connectivity index (χ2n) is 3.63. The van der Waals surface area contributed by atoms with Gasteiger partial charge in [0.2, 0.25) is 0 Å². The lowest BCUT2D eigenvalue weighted by molar-refractivity contribution is 0.563. The van der Waals surface area contributed by atoms with Crippen LogP contribution in [0.5, 0.6) is 0 Å². The molecule has 1 heterocycles. The summed E-state index contributed by atoms with van der Waals surface area (Å²) in [7, 11) is 0. The predicted octanol–water partition coefficient (Wildman–Crippen LogP) is 1.25. The van der Waals surface area contributed by atoms with Gasteiger partial charge in [0.15, 0.2) is 0 Å². The van der Waals surface area contributed by atoms with E-state index in [0.717, 1.165) is 13.1 Å². The van der Waals surface area contributed by atoms with E-state index in [9.17, 15) is 8.78 Å². The number of hydrogen-bond acceptors (Lipinski definition) is 3. The van der Waals surface area contributed by atoms with Gasteiger partial charge in [-0.05, 0) is 12.1 Å². The third kappa shape index (κ3) is 1.97. The summed E-state index contributed by atoms with van der Waals surface area (Å²) >= 11 is 0. The average Bonchev–Trinajstić information content (AvgIpc) is 2.30. The summed E-state index contributed by atoms with van der Waals surface area (Å²) in [6.45, 7) is 3.02. The molecule has 0 bridgehead atoms. The van der Waals surface area contributed by atoms with Gasteiger partial charge in [-0.2, -0.15) is 5.26 Å². The van der Waals surface area contributed by atoms with Gasteiger partial charge >= 0.3 is 0 Å². The van der Waals surface area contributed by atoms with Crippen LogP contribution < -0.4 is 10.2 Å². The first-order valence-electron chi connectivity index (χ1n) is 5.07. The van der Waals surface area contributed by atoms with Crippen LogP contribution in [0.4, 0.5) is 14.5 Å². The first kappa shape index (κ1) is 10.8. The molecule has 1 fully saturated rings. The zero-order chi connectivity index (χ0) is 11.5. The zero-order valence-corrected chi connectivity index (χ0v) is 8.63. The summed E-state index contributed by atoms with van der Waals surface area (Å²) in [5, 5.41) is 11.7. The topological polar surface area (TPSA) is 39.1 Å². The van der Waals surface area contributed by atoms with Crippen LogP contribution in [-0.2, 0) is 0 Å². The molecule has 0 atom stereocenters. The Balaban J connectivity index is 2.32. The molecule has 3 nitrogen and oxygen atoms in total. The van der Waals surface area contributed by atoms with Crippen molar-refractivity contribution < 1.29 is 8.78 Å². The molecule has 0 saturated carbocycles. The van der Waals surface area contributed by atoms with Crippen molar-refractivity contribution in [2.24, 2.45) is 0 Å². The predicted molar refractivity (Wildman–Crippen MR) is 56.2 cm³/mol. The molecule has 0 aromatic heterocycles. The highest BCUT2D eigenvalue weighted by atomic mass is 19.1. The van der Waals surface area contributed by atoms with Crippen LogP contribution >= 0.6 is 0 Å². The van der Waals surface area contributed by atoms with Crippen LogP contribution in [-0.4, -0.2) is 26.2 Å². The highest BCUT2D eigenvalue weighted by molar-refractivity contribution is 5.51. The molecule has 0 unspecified atom stereocenters. The standard InChI is InChI=1S/C11H11F2N3/c12-10-5-8(6-11(13)9(10)7-14)16-3-1-15-2-4-16/h5-6,15H,1-4H2. The van der Waals surface area contributed by atoms with Crippen LogP contribution in [0.1, 0.15) is 5.56 Å². The lowest BCUT2D eigenvalue weighted by atomic mass is 10.1. The third-order valence-electron chi connectivity index (χ3n) is 2.62. The Hall–Kier alpha value is -1.67. The summed E-state index contributed by atoms with van der Waals surface area (Å²) in [5.41, 5.74) is -0.0191. The number of hydrogen-bond donors (Lipinski definition) is 1. The molecule has 0 radical (unpaired) electrons. The average molecular weight is 223 g/mol. The molecule has 0 aliphatic carbocycles. The highest BCUT2D eigenvalue weighted by Crippen LogP contribution is 2.21. The molecule has 0 amide bonds. The third-order valence-corrected chi connectivity index (χ3v) is 2.62. The molecule has 2 rings (SSSR count). The number of nitrogens with zero attached hydrogens (tertiary/aromatic N) is 2. The maximum Gasteiger partial charge on any atom is 0.146 e. The van der Waals surface area contributed by atoms with E-state index in [4.69, 9.17) is 5.26 Å². The fourth-order valence-corrected chi connectivity index (χ4v) is 1.77. The summed E-state index contributed by atoms with van der Waals surface area (Å²) < 4.78 is 26.7. The SMILES string of the molecule is N#Cc1c(F)cc(N2CCNCC2)cc1F. The van der Waals surface area contributed by atoms with E-state index in [1.165, 1.54) is 18.2 Å². The van der Waals surface area contributed by atoms with Gasteiger partial charge in [0.05, 0.1) is 0 Å². The smallest absolute Gasteiger partial charge is 0.146 e. The van der Waals surface area contributed by atoms with E-state index in [2.05, 4.69) is 5.32 Å². The van der Waals surface area contributed by atoms with Gasteiger partial charge in [-0.1, -0.05) is 0 Å². The number of nitriles is 1. The Morgan fingerprint density at radius 2 is 1.75 bits per heavy atom. The van der Waals surface area contributed by atoms with E-state index in [1.807, 2.05) is 4.90 Å². The molecule has 16 heavy (non-hydrogen) atoms. The minimum absolute atomic E-state index is 0.496. The van der Waals surface area contributed by atoms with Crippen molar-refractivity contribution in [3.05, 3.63) is 29.3 Å². The van der Waals surface area contributed by atoms with Gasteiger partial charge in [0, 0.05) is 31.9 Å². The number of nitrogens with one attached hydrogen (secondary N) is 1. The fraction of sp³-hybridized carbons (Fsp3) is 0.364. The van der Waals surface area contributed by atoms with E-state index in [1.54, 1.807) is 0 Å². The van der Waals surface area contributed by atoms with Crippen molar-refractivity contribution in [3.8, 4) is 6.07 Å². The quantitative estimate of drug-likeness (QED) is 0.778. The molecule has 1 N–H and O–H groups in total. The van der Waals surface area contributed by atoms with Crippen molar-refractivity contribution in [2.45, 2.75) is 0 Å². The molecule has 1 saturated heterocycles. The number of benzene rings is 1. The lowest BCUT2D eigenvalue weighted by Gasteiger charge is -2.29. The molecule has 5 heteroatoms. The summed E-state index contributed by atoms with van der Waals surface area (Å²) in [4.78, 5) is 1.89. The van der Waals surface area contributed by atoms with E-state index >= 15 is 0 Å². The highest BCUT2D eigenvalue weighted by Gasteiger charge is 2.16. The van der Waals surface area contributed by atoms with Crippen molar-refractivity contribution >= 4 is 5.69 Å². The maximum absolute atomic E-state index is 13.4. The summed E-state index contributed by atoms with van der Waals surface area (Å²) in [6, 6.07) is 3.94. The minimum Gasteiger partial charge on any atom is -0.369 e. The van der Waals surface area contributed by atoms with Crippen LogP contribution in [0, 0.1) is 23.0 Å². The second kappa shape index (κ2) is 4.45. The second-order valence-corrected chi connectivity index (χ2v) is 3.63. The van der Waals surface area contributed by atoms with Crippen LogP contribution in [0.2, 0.25) is 0 Å². The van der Waals surface area contributed by atoms with Crippen LogP contribution in [0.15, 0.2) is 12.1 Å². The minimum atomic E-state index is -0.795. The first-order valence-corrected chi connectivity index (χ1v) is 5.07. The van der Waals surface area contributed by atoms with E-state index in [0.29, 0.717) is 18.8 Å². The van der Waals surface area contributed by atoms with Gasteiger partial charge in [0.25, 0.3) is 0 Å².